The topological polar surface area (TPSA) is 49.8 Å². The minimum Gasteiger partial charge on any atom is -0.388 e. The van der Waals surface area contributed by atoms with E-state index in [0.717, 1.165) is 0 Å². The summed E-state index contributed by atoms with van der Waals surface area (Å²) in [5.74, 6) is -0.601. The van der Waals surface area contributed by atoms with Crippen molar-refractivity contribution in [3.8, 4) is 0 Å². The van der Waals surface area contributed by atoms with Crippen LogP contribution in [0.15, 0.2) is 0 Å². The quantitative estimate of drug-likeness (QED) is 0.785. The van der Waals surface area contributed by atoms with Gasteiger partial charge in [0.05, 0.1) is 12.5 Å². The van der Waals surface area contributed by atoms with Gasteiger partial charge in [-0.25, -0.2) is 0 Å². The molecule has 0 aromatic carbocycles. The molecule has 7 heteroatoms. The van der Waals surface area contributed by atoms with E-state index in [9.17, 15) is 23.1 Å². The number of carbonyl (C=O) groups is 1. The van der Waals surface area contributed by atoms with Gasteiger partial charge in [-0.2, -0.15) is 13.2 Å². The second-order valence-corrected chi connectivity index (χ2v) is 3.76. The summed E-state index contributed by atoms with van der Waals surface area (Å²) >= 11 is 0. The third-order valence-electron chi connectivity index (χ3n) is 2.51. The Kier molecular flexibility index (Phi) is 4.15. The van der Waals surface area contributed by atoms with Crippen molar-refractivity contribution in [2.45, 2.75) is 31.2 Å². The third-order valence-corrected chi connectivity index (χ3v) is 2.51. The van der Waals surface area contributed by atoms with Crippen LogP contribution in [-0.4, -0.2) is 54.5 Å². The fourth-order valence-electron chi connectivity index (χ4n) is 1.60. The minimum absolute atomic E-state index is 0.0369. The van der Waals surface area contributed by atoms with Crippen molar-refractivity contribution in [2.75, 3.05) is 20.2 Å². The number of alkyl halides is 3. The molecular formula is C9H14F3NO3. The predicted molar refractivity (Wildman–Crippen MR) is 48.7 cm³/mol. The van der Waals surface area contributed by atoms with E-state index in [-0.39, 0.29) is 13.1 Å². The fourth-order valence-corrected chi connectivity index (χ4v) is 1.60. The third kappa shape index (κ3) is 3.64. The number of halogens is 3. The zero-order valence-corrected chi connectivity index (χ0v) is 8.83. The van der Waals surface area contributed by atoms with Gasteiger partial charge in [-0.15, -0.1) is 0 Å². The van der Waals surface area contributed by atoms with Crippen molar-refractivity contribution in [1.29, 1.82) is 0 Å². The molecule has 1 saturated heterocycles. The van der Waals surface area contributed by atoms with Crippen LogP contribution in [0.5, 0.6) is 0 Å². The predicted octanol–water partition coefficient (Wildman–Crippen LogP) is 0.547. The molecule has 1 rings (SSSR count). The number of nitrogens with zero attached hydrogens (tertiary/aromatic N) is 1. The number of carbonyl (C=O) groups excluding carboxylic acids is 1. The molecule has 16 heavy (non-hydrogen) atoms. The first-order valence-electron chi connectivity index (χ1n) is 4.89. The van der Waals surface area contributed by atoms with Gasteiger partial charge < -0.3 is 14.7 Å². The summed E-state index contributed by atoms with van der Waals surface area (Å²) < 4.78 is 40.5. The summed E-state index contributed by atoms with van der Waals surface area (Å²) in [6.45, 7) is 0.184. The van der Waals surface area contributed by atoms with E-state index in [1.54, 1.807) is 0 Å². The molecule has 0 bridgehead atoms. The van der Waals surface area contributed by atoms with E-state index in [2.05, 4.69) is 0 Å². The van der Waals surface area contributed by atoms with E-state index in [1.807, 2.05) is 0 Å². The number of rotatable bonds is 3. The maximum absolute atomic E-state index is 11.9. The van der Waals surface area contributed by atoms with Crippen molar-refractivity contribution in [3.63, 3.8) is 0 Å². The summed E-state index contributed by atoms with van der Waals surface area (Å²) in [6.07, 6.45) is -7.35. The summed E-state index contributed by atoms with van der Waals surface area (Å²) in [6, 6.07) is 0. The Hall–Kier alpha value is -0.820. The highest BCUT2D eigenvalue weighted by Crippen LogP contribution is 2.23. The number of likely N-dealkylation sites (tertiary alicyclic amines) is 1. The molecule has 0 saturated carbocycles. The molecule has 1 fully saturated rings. The molecule has 1 aliphatic heterocycles. The number of hydrogen-bond acceptors (Lipinski definition) is 3. The lowest BCUT2D eigenvalue weighted by Gasteiger charge is -2.16. The van der Waals surface area contributed by atoms with Crippen molar-refractivity contribution < 1.29 is 27.8 Å². The first-order valence-corrected chi connectivity index (χ1v) is 4.89. The Labute approximate surface area is 91.0 Å². The van der Waals surface area contributed by atoms with Gasteiger partial charge in [0, 0.05) is 26.6 Å². The second kappa shape index (κ2) is 5.01. The van der Waals surface area contributed by atoms with E-state index in [0.29, 0.717) is 0 Å². The van der Waals surface area contributed by atoms with Gasteiger partial charge in [0.25, 0.3) is 0 Å². The zero-order chi connectivity index (χ0) is 12.3. The van der Waals surface area contributed by atoms with Gasteiger partial charge in [0.15, 0.2) is 0 Å². The number of β-amino-alcohol motifs (C(OH)–C–C–N with tert-alkyl or cyclic N) is 1. The average Bonchev–Trinajstić information content (AvgIpc) is 2.55. The monoisotopic (exact) mass is 241 g/mol. The Balaban J connectivity index is 2.39. The molecular weight excluding hydrogens is 227 g/mol. The molecule has 2 atom stereocenters. The van der Waals surface area contributed by atoms with Crippen LogP contribution in [0.1, 0.15) is 12.8 Å². The molecule has 0 unspecified atom stereocenters. The molecule has 4 nitrogen and oxygen atoms in total. The van der Waals surface area contributed by atoms with Gasteiger partial charge in [0.2, 0.25) is 5.91 Å². The van der Waals surface area contributed by atoms with Crippen molar-refractivity contribution >= 4 is 5.91 Å². The van der Waals surface area contributed by atoms with Crippen molar-refractivity contribution in [1.82, 2.24) is 4.90 Å². The summed E-state index contributed by atoms with van der Waals surface area (Å²) in [5.41, 5.74) is 0. The standard InChI is InChI=1S/C9H14F3NO3/c1-16-7-5-13(4-6(7)14)8(15)2-3-9(10,11)12/h6-7,14H,2-5H2,1H3/t6-,7-/m0/s1. The highest BCUT2D eigenvalue weighted by atomic mass is 19.4. The van der Waals surface area contributed by atoms with Crippen LogP contribution in [-0.2, 0) is 9.53 Å². The SMILES string of the molecule is CO[C@H]1CN(C(=O)CCC(F)(F)F)C[C@@H]1O. The lowest BCUT2D eigenvalue weighted by molar-refractivity contribution is -0.148. The molecule has 94 valence electrons. The number of aliphatic hydroxyl groups excluding tert-OH is 1. The first-order chi connectivity index (χ1) is 7.33. The van der Waals surface area contributed by atoms with E-state index in [1.165, 1.54) is 12.0 Å². The van der Waals surface area contributed by atoms with Gasteiger partial charge in [-0.3, -0.25) is 4.79 Å². The normalized spacial score (nSPS) is 26.2. The zero-order valence-electron chi connectivity index (χ0n) is 8.83. The van der Waals surface area contributed by atoms with Gasteiger partial charge >= 0.3 is 6.18 Å². The highest BCUT2D eigenvalue weighted by Gasteiger charge is 2.35. The van der Waals surface area contributed by atoms with E-state index in [4.69, 9.17) is 4.74 Å². The molecule has 1 N–H and O–H groups in total. The molecule has 0 radical (unpaired) electrons. The van der Waals surface area contributed by atoms with Crippen LogP contribution in [0.4, 0.5) is 13.2 Å². The number of hydrogen-bond donors (Lipinski definition) is 1. The molecule has 0 aromatic rings. The summed E-state index contributed by atoms with van der Waals surface area (Å²) in [4.78, 5) is 12.6. The lowest BCUT2D eigenvalue weighted by atomic mass is 10.3. The van der Waals surface area contributed by atoms with E-state index < -0.39 is 37.1 Å². The average molecular weight is 241 g/mol. The summed E-state index contributed by atoms with van der Waals surface area (Å²) in [5, 5.41) is 9.40. The molecule has 1 heterocycles. The fraction of sp³-hybridized carbons (Fsp3) is 0.889. The second-order valence-electron chi connectivity index (χ2n) is 3.76. The smallest absolute Gasteiger partial charge is 0.388 e. The lowest BCUT2D eigenvalue weighted by Crippen LogP contribution is -2.30. The van der Waals surface area contributed by atoms with Crippen LogP contribution < -0.4 is 0 Å². The van der Waals surface area contributed by atoms with Gasteiger partial charge in [-0.05, 0) is 0 Å². The Bertz CT molecular complexity index is 257. The largest absolute Gasteiger partial charge is 0.389 e. The van der Waals surface area contributed by atoms with Crippen LogP contribution in [0.25, 0.3) is 0 Å². The molecule has 1 amide bonds. The maximum atomic E-state index is 11.9. The van der Waals surface area contributed by atoms with Gasteiger partial charge in [-0.1, -0.05) is 0 Å². The van der Waals surface area contributed by atoms with Crippen LogP contribution >= 0.6 is 0 Å². The molecule has 0 aromatic heterocycles. The Morgan fingerprint density at radius 3 is 2.56 bits per heavy atom. The Morgan fingerprint density at radius 2 is 2.12 bits per heavy atom. The number of aliphatic hydroxyl groups is 1. The van der Waals surface area contributed by atoms with Gasteiger partial charge in [0.1, 0.15) is 6.10 Å². The van der Waals surface area contributed by atoms with Crippen molar-refractivity contribution in [3.05, 3.63) is 0 Å². The molecule has 0 spiro atoms. The maximum Gasteiger partial charge on any atom is 0.389 e. The minimum atomic E-state index is -4.32. The van der Waals surface area contributed by atoms with E-state index >= 15 is 0 Å². The van der Waals surface area contributed by atoms with Crippen LogP contribution in [0.3, 0.4) is 0 Å². The summed E-state index contributed by atoms with van der Waals surface area (Å²) in [7, 11) is 1.39. The highest BCUT2D eigenvalue weighted by molar-refractivity contribution is 5.76. The first kappa shape index (κ1) is 13.2. The number of amides is 1. The number of ether oxygens (including phenoxy) is 1. The molecule has 1 aliphatic rings. The molecule has 0 aliphatic carbocycles. The Morgan fingerprint density at radius 1 is 1.50 bits per heavy atom. The van der Waals surface area contributed by atoms with Crippen LogP contribution in [0, 0.1) is 0 Å². The number of methoxy groups -OCH3 is 1. The van der Waals surface area contributed by atoms with Crippen molar-refractivity contribution in [2.24, 2.45) is 0 Å². The van der Waals surface area contributed by atoms with Crippen LogP contribution in [0.2, 0.25) is 0 Å².